The van der Waals surface area contributed by atoms with Crippen LogP contribution in [0.3, 0.4) is 0 Å². The molecule has 1 saturated heterocycles. The monoisotopic (exact) mass is 355 g/mol. The third-order valence-electron chi connectivity index (χ3n) is 4.68. The van der Waals surface area contributed by atoms with Crippen molar-refractivity contribution in [3.8, 4) is 5.75 Å². The predicted molar refractivity (Wildman–Crippen MR) is 97.0 cm³/mol. The number of nitrogens with one attached hydrogen (secondary N) is 1. The molecule has 6 nitrogen and oxygen atoms in total. The zero-order valence-corrected chi connectivity index (χ0v) is 14.7. The van der Waals surface area contributed by atoms with E-state index in [0.717, 1.165) is 10.5 Å². The molecule has 3 rings (SSSR count). The summed E-state index contributed by atoms with van der Waals surface area (Å²) in [5, 5.41) is 9.42. The Balaban J connectivity index is 1.80. The van der Waals surface area contributed by atoms with Gasteiger partial charge in [0.25, 0.3) is 5.91 Å². The van der Waals surface area contributed by atoms with Crippen molar-refractivity contribution in [3.63, 3.8) is 0 Å². The van der Waals surface area contributed by atoms with Gasteiger partial charge in [0.05, 0.1) is 25.8 Å². The van der Waals surface area contributed by atoms with E-state index in [-0.39, 0.29) is 24.8 Å². The number of hydrogen-bond donors (Lipinski definition) is 2. The molecule has 2 atom stereocenters. The number of aliphatic hydroxyl groups is 1. The summed E-state index contributed by atoms with van der Waals surface area (Å²) in [6, 6.07) is 16.2. The first kappa shape index (κ1) is 18.1. The Labute approximate surface area is 152 Å². The normalized spacial score (nSPS) is 18.2. The van der Waals surface area contributed by atoms with E-state index < -0.39 is 6.04 Å². The van der Waals surface area contributed by atoms with Gasteiger partial charge in [0.1, 0.15) is 18.8 Å². The van der Waals surface area contributed by atoms with Crippen LogP contribution in [0.5, 0.6) is 5.75 Å². The summed E-state index contributed by atoms with van der Waals surface area (Å²) in [4.78, 5) is 27.6. The highest BCUT2D eigenvalue weighted by Crippen LogP contribution is 2.24. The molecule has 1 aliphatic heterocycles. The van der Waals surface area contributed by atoms with Crippen molar-refractivity contribution in [1.82, 2.24) is 0 Å². The van der Waals surface area contributed by atoms with Crippen molar-refractivity contribution in [2.24, 2.45) is 0 Å². The van der Waals surface area contributed by atoms with E-state index in [4.69, 9.17) is 4.74 Å². The molecule has 0 spiro atoms. The quantitative estimate of drug-likeness (QED) is 0.706. The van der Waals surface area contributed by atoms with Gasteiger partial charge in [-0.15, -0.1) is 0 Å². The van der Waals surface area contributed by atoms with Crippen molar-refractivity contribution in [2.75, 3.05) is 25.2 Å². The molecule has 136 valence electrons. The van der Waals surface area contributed by atoms with Crippen LogP contribution in [-0.2, 0) is 16.1 Å². The zero-order chi connectivity index (χ0) is 18.5. The molecule has 0 bridgehead atoms. The molecule has 0 aliphatic carbocycles. The van der Waals surface area contributed by atoms with Gasteiger partial charge in [-0.3, -0.25) is 9.59 Å². The number of anilines is 1. The lowest BCUT2D eigenvalue weighted by molar-refractivity contribution is -0.928. The van der Waals surface area contributed by atoms with E-state index in [9.17, 15) is 14.7 Å². The highest BCUT2D eigenvalue weighted by atomic mass is 16.5. The summed E-state index contributed by atoms with van der Waals surface area (Å²) in [5.41, 5.74) is 1.62. The number of rotatable bonds is 7. The smallest absolute Gasteiger partial charge is 0.292 e. The summed E-state index contributed by atoms with van der Waals surface area (Å²) in [7, 11) is 1.57. The molecule has 26 heavy (non-hydrogen) atoms. The molecule has 2 N–H and O–H groups in total. The average Bonchev–Trinajstić information content (AvgIpc) is 2.96. The van der Waals surface area contributed by atoms with E-state index in [0.29, 0.717) is 24.5 Å². The molecular weight excluding hydrogens is 332 g/mol. The van der Waals surface area contributed by atoms with Gasteiger partial charge < -0.3 is 14.7 Å². The number of hydrogen-bond acceptors (Lipinski definition) is 4. The van der Waals surface area contributed by atoms with Crippen LogP contribution >= 0.6 is 0 Å². The number of methoxy groups -OCH3 is 1. The van der Waals surface area contributed by atoms with Gasteiger partial charge in [0.15, 0.2) is 6.04 Å². The average molecular weight is 355 g/mol. The molecule has 0 aromatic heterocycles. The second-order valence-corrected chi connectivity index (χ2v) is 6.32. The lowest BCUT2D eigenvalue weighted by Crippen LogP contribution is -3.16. The van der Waals surface area contributed by atoms with Gasteiger partial charge in [-0.1, -0.05) is 30.3 Å². The SMILES string of the molecule is COc1ccc(N2C(=O)C[C@@H]([NH+](CCO)Cc3ccccc3)C2=O)cc1. The fourth-order valence-corrected chi connectivity index (χ4v) is 3.34. The first-order chi connectivity index (χ1) is 12.6. The third-order valence-corrected chi connectivity index (χ3v) is 4.68. The van der Waals surface area contributed by atoms with Crippen molar-refractivity contribution in [3.05, 3.63) is 60.2 Å². The van der Waals surface area contributed by atoms with Crippen LogP contribution in [0.1, 0.15) is 12.0 Å². The molecule has 1 fully saturated rings. The Bertz CT molecular complexity index is 761. The summed E-state index contributed by atoms with van der Waals surface area (Å²) in [6.45, 7) is 0.958. The number of aliphatic hydroxyl groups excluding tert-OH is 1. The van der Waals surface area contributed by atoms with Gasteiger partial charge >= 0.3 is 0 Å². The van der Waals surface area contributed by atoms with Crippen molar-refractivity contribution in [2.45, 2.75) is 19.0 Å². The van der Waals surface area contributed by atoms with Crippen LogP contribution in [0.2, 0.25) is 0 Å². The first-order valence-corrected chi connectivity index (χ1v) is 8.64. The Morgan fingerprint density at radius 1 is 1.12 bits per heavy atom. The number of carbonyl (C=O) groups excluding carboxylic acids is 2. The summed E-state index contributed by atoms with van der Waals surface area (Å²) < 4.78 is 5.12. The summed E-state index contributed by atoms with van der Waals surface area (Å²) >= 11 is 0. The topological polar surface area (TPSA) is 71.3 Å². The van der Waals surface area contributed by atoms with E-state index in [2.05, 4.69) is 0 Å². The Hall–Kier alpha value is -2.70. The van der Waals surface area contributed by atoms with Crippen molar-refractivity contribution in [1.29, 1.82) is 0 Å². The predicted octanol–water partition coefficient (Wildman–Crippen LogP) is 0.405. The zero-order valence-electron chi connectivity index (χ0n) is 14.7. The lowest BCUT2D eigenvalue weighted by atomic mass is 10.1. The van der Waals surface area contributed by atoms with E-state index in [1.807, 2.05) is 30.3 Å². The molecule has 1 aliphatic rings. The lowest BCUT2D eigenvalue weighted by Gasteiger charge is -2.24. The molecule has 0 radical (unpaired) electrons. The molecule has 0 saturated carbocycles. The Morgan fingerprint density at radius 2 is 1.81 bits per heavy atom. The molecular formula is C20H23N2O4+. The minimum atomic E-state index is -0.489. The van der Waals surface area contributed by atoms with Crippen LogP contribution in [0.15, 0.2) is 54.6 Å². The number of carbonyl (C=O) groups is 2. The Morgan fingerprint density at radius 3 is 2.42 bits per heavy atom. The molecule has 2 aromatic rings. The van der Waals surface area contributed by atoms with Crippen LogP contribution in [0, 0.1) is 0 Å². The third kappa shape index (κ3) is 3.76. The number of imide groups is 1. The summed E-state index contributed by atoms with van der Waals surface area (Å²) in [6.07, 6.45) is 0.146. The van der Waals surface area contributed by atoms with Gasteiger partial charge in [0, 0.05) is 5.56 Å². The molecule has 6 heteroatoms. The van der Waals surface area contributed by atoms with E-state index >= 15 is 0 Å². The fraction of sp³-hybridized carbons (Fsp3) is 0.300. The largest absolute Gasteiger partial charge is 0.497 e. The summed E-state index contributed by atoms with van der Waals surface area (Å²) in [5.74, 6) is 0.231. The molecule has 1 heterocycles. The highest BCUT2D eigenvalue weighted by molar-refractivity contribution is 6.21. The molecule has 2 amide bonds. The maximum atomic E-state index is 12.9. The van der Waals surface area contributed by atoms with Gasteiger partial charge in [-0.05, 0) is 24.3 Å². The van der Waals surface area contributed by atoms with Crippen LogP contribution in [0.25, 0.3) is 0 Å². The number of ether oxygens (including phenoxy) is 1. The maximum Gasteiger partial charge on any atom is 0.292 e. The van der Waals surface area contributed by atoms with E-state index in [1.165, 1.54) is 4.90 Å². The van der Waals surface area contributed by atoms with Gasteiger partial charge in [0.2, 0.25) is 5.91 Å². The second kappa shape index (κ2) is 8.12. The fourth-order valence-electron chi connectivity index (χ4n) is 3.34. The molecule has 2 aromatic carbocycles. The van der Waals surface area contributed by atoms with E-state index in [1.54, 1.807) is 31.4 Å². The number of amides is 2. The van der Waals surface area contributed by atoms with Gasteiger partial charge in [-0.25, -0.2) is 4.90 Å². The Kier molecular flexibility index (Phi) is 5.65. The van der Waals surface area contributed by atoms with Crippen LogP contribution in [-0.4, -0.2) is 43.2 Å². The molecule has 1 unspecified atom stereocenters. The highest BCUT2D eigenvalue weighted by Gasteiger charge is 2.45. The number of quaternary nitrogens is 1. The second-order valence-electron chi connectivity index (χ2n) is 6.32. The standard InChI is InChI=1S/C20H22N2O4/c1-26-17-9-7-16(8-10-17)22-19(24)13-18(20(22)25)21(11-12-23)14-15-5-3-2-4-6-15/h2-10,18,23H,11-14H2,1H3/p+1/t18-/m1/s1. The first-order valence-electron chi connectivity index (χ1n) is 8.64. The maximum absolute atomic E-state index is 12.9. The van der Waals surface area contributed by atoms with Crippen molar-refractivity contribution < 1.29 is 24.3 Å². The number of nitrogens with zero attached hydrogens (tertiary/aromatic N) is 1. The van der Waals surface area contributed by atoms with Crippen LogP contribution in [0.4, 0.5) is 5.69 Å². The minimum Gasteiger partial charge on any atom is -0.497 e. The van der Waals surface area contributed by atoms with Crippen LogP contribution < -0.4 is 14.5 Å². The number of benzene rings is 2. The van der Waals surface area contributed by atoms with Gasteiger partial charge in [-0.2, -0.15) is 0 Å². The van der Waals surface area contributed by atoms with Crippen molar-refractivity contribution >= 4 is 17.5 Å². The minimum absolute atomic E-state index is 0.0390.